The average Bonchev–Trinajstić information content (AvgIpc) is 2.75. The largest absolute Gasteiger partial charge is 0.399 e. The molecular formula is C13H16N4O. The zero-order valence-electron chi connectivity index (χ0n) is 10.3. The molecule has 1 heterocycles. The van der Waals surface area contributed by atoms with Gasteiger partial charge in [0.1, 0.15) is 0 Å². The van der Waals surface area contributed by atoms with Crippen LogP contribution in [0.4, 0.5) is 5.69 Å². The number of carbonyl (C=O) groups is 1. The summed E-state index contributed by atoms with van der Waals surface area (Å²) in [6.45, 7) is 0.577. The first-order valence-electron chi connectivity index (χ1n) is 5.77. The molecule has 2 rings (SSSR count). The maximum atomic E-state index is 11.8. The Morgan fingerprint density at radius 1 is 1.44 bits per heavy atom. The molecule has 0 fully saturated rings. The maximum Gasteiger partial charge on any atom is 0.251 e. The number of rotatable bonds is 4. The Balaban J connectivity index is 1.87. The number of nitrogens with two attached hydrogens (primary N) is 1. The Bertz CT molecular complexity index is 547. The van der Waals surface area contributed by atoms with Crippen LogP contribution in [0, 0.1) is 0 Å². The van der Waals surface area contributed by atoms with E-state index in [2.05, 4.69) is 10.4 Å². The molecule has 3 N–H and O–H groups in total. The monoisotopic (exact) mass is 244 g/mol. The van der Waals surface area contributed by atoms with Gasteiger partial charge in [0.15, 0.2) is 0 Å². The number of carbonyl (C=O) groups excluding carboxylic acids is 1. The molecule has 0 bridgehead atoms. The van der Waals surface area contributed by atoms with E-state index in [1.165, 1.54) is 0 Å². The van der Waals surface area contributed by atoms with Crippen LogP contribution in [0.3, 0.4) is 0 Å². The maximum absolute atomic E-state index is 11.8. The fourth-order valence-corrected chi connectivity index (χ4v) is 1.73. The number of hydrogen-bond acceptors (Lipinski definition) is 3. The summed E-state index contributed by atoms with van der Waals surface area (Å²) in [5.74, 6) is -0.107. The van der Waals surface area contributed by atoms with E-state index >= 15 is 0 Å². The molecule has 0 atom stereocenters. The molecule has 0 radical (unpaired) electrons. The minimum atomic E-state index is -0.107. The van der Waals surface area contributed by atoms with E-state index in [0.29, 0.717) is 17.8 Å². The summed E-state index contributed by atoms with van der Waals surface area (Å²) in [7, 11) is 1.88. The van der Waals surface area contributed by atoms with Crippen molar-refractivity contribution in [3.63, 3.8) is 0 Å². The number of nitrogens with zero attached hydrogens (tertiary/aromatic N) is 2. The van der Waals surface area contributed by atoms with Gasteiger partial charge in [0.05, 0.1) is 0 Å². The number of hydrogen-bond donors (Lipinski definition) is 2. The lowest BCUT2D eigenvalue weighted by Crippen LogP contribution is -2.26. The summed E-state index contributed by atoms with van der Waals surface area (Å²) in [5.41, 5.74) is 7.89. The van der Waals surface area contributed by atoms with Crippen molar-refractivity contribution in [3.8, 4) is 0 Å². The highest BCUT2D eigenvalue weighted by Gasteiger charge is 2.05. The topological polar surface area (TPSA) is 72.9 Å². The van der Waals surface area contributed by atoms with Crippen molar-refractivity contribution in [3.05, 3.63) is 47.8 Å². The molecule has 18 heavy (non-hydrogen) atoms. The van der Waals surface area contributed by atoms with Crippen LogP contribution in [0.2, 0.25) is 0 Å². The van der Waals surface area contributed by atoms with Crippen molar-refractivity contribution in [2.75, 3.05) is 12.3 Å². The minimum Gasteiger partial charge on any atom is -0.399 e. The number of benzene rings is 1. The van der Waals surface area contributed by atoms with Crippen LogP contribution in [-0.4, -0.2) is 22.2 Å². The fourth-order valence-electron chi connectivity index (χ4n) is 1.73. The summed E-state index contributed by atoms with van der Waals surface area (Å²) in [5, 5.41) is 6.93. The molecule has 5 heteroatoms. The van der Waals surface area contributed by atoms with Crippen molar-refractivity contribution < 1.29 is 4.79 Å². The van der Waals surface area contributed by atoms with Gasteiger partial charge in [-0.3, -0.25) is 9.48 Å². The van der Waals surface area contributed by atoms with Gasteiger partial charge in [-0.25, -0.2) is 0 Å². The highest BCUT2D eigenvalue weighted by molar-refractivity contribution is 5.94. The quantitative estimate of drug-likeness (QED) is 0.787. The number of aryl methyl sites for hydroxylation is 1. The normalized spacial score (nSPS) is 10.3. The molecule has 94 valence electrons. The van der Waals surface area contributed by atoms with Gasteiger partial charge in [0.25, 0.3) is 5.91 Å². The van der Waals surface area contributed by atoms with E-state index in [1.54, 1.807) is 35.1 Å². The third-order valence-corrected chi connectivity index (χ3v) is 2.74. The summed E-state index contributed by atoms with van der Waals surface area (Å²) < 4.78 is 1.80. The van der Waals surface area contributed by atoms with Gasteiger partial charge in [-0.2, -0.15) is 5.10 Å². The van der Waals surface area contributed by atoms with Crippen molar-refractivity contribution in [1.82, 2.24) is 15.1 Å². The number of anilines is 1. The molecule has 2 aromatic rings. The predicted octanol–water partition coefficient (Wildman–Crippen LogP) is 0.975. The first kappa shape index (κ1) is 12.2. The molecule has 0 spiro atoms. The Hall–Kier alpha value is -2.30. The summed E-state index contributed by atoms with van der Waals surface area (Å²) in [6.07, 6.45) is 2.50. The van der Waals surface area contributed by atoms with E-state index in [0.717, 1.165) is 12.1 Å². The van der Waals surface area contributed by atoms with Crippen LogP contribution in [0.1, 0.15) is 16.1 Å². The third-order valence-electron chi connectivity index (χ3n) is 2.74. The van der Waals surface area contributed by atoms with E-state index in [9.17, 15) is 4.79 Å². The Morgan fingerprint density at radius 2 is 2.28 bits per heavy atom. The second-order valence-electron chi connectivity index (χ2n) is 4.08. The van der Waals surface area contributed by atoms with Crippen LogP contribution in [0.5, 0.6) is 0 Å². The van der Waals surface area contributed by atoms with E-state index in [4.69, 9.17) is 5.73 Å². The van der Waals surface area contributed by atoms with Crippen LogP contribution < -0.4 is 11.1 Å². The average molecular weight is 244 g/mol. The second kappa shape index (κ2) is 5.35. The summed E-state index contributed by atoms with van der Waals surface area (Å²) in [6, 6.07) is 8.87. The Labute approximate surface area is 106 Å². The molecule has 0 saturated carbocycles. The minimum absolute atomic E-state index is 0.107. The Kier molecular flexibility index (Phi) is 3.62. The molecule has 0 unspecified atom stereocenters. The van der Waals surface area contributed by atoms with Gasteiger partial charge in [0.2, 0.25) is 0 Å². The smallest absolute Gasteiger partial charge is 0.251 e. The van der Waals surface area contributed by atoms with Crippen LogP contribution in [-0.2, 0) is 13.5 Å². The number of nitrogen functional groups attached to an aromatic ring is 1. The van der Waals surface area contributed by atoms with Gasteiger partial charge in [-0.1, -0.05) is 6.07 Å². The second-order valence-corrected chi connectivity index (χ2v) is 4.08. The van der Waals surface area contributed by atoms with Gasteiger partial charge in [0, 0.05) is 43.2 Å². The van der Waals surface area contributed by atoms with Crippen LogP contribution in [0.25, 0.3) is 0 Å². The van der Waals surface area contributed by atoms with Crippen molar-refractivity contribution in [2.45, 2.75) is 6.42 Å². The molecule has 5 nitrogen and oxygen atoms in total. The highest BCUT2D eigenvalue weighted by Crippen LogP contribution is 2.06. The molecule has 0 aliphatic carbocycles. The third kappa shape index (κ3) is 2.88. The molecule has 0 aliphatic heterocycles. The zero-order valence-corrected chi connectivity index (χ0v) is 10.3. The molecule has 0 saturated heterocycles. The molecular weight excluding hydrogens is 228 g/mol. The molecule has 0 aliphatic rings. The first-order valence-corrected chi connectivity index (χ1v) is 5.77. The molecule has 1 aromatic carbocycles. The van der Waals surface area contributed by atoms with Crippen LogP contribution in [0.15, 0.2) is 36.5 Å². The van der Waals surface area contributed by atoms with Gasteiger partial charge in [-0.05, 0) is 24.3 Å². The fraction of sp³-hybridized carbons (Fsp3) is 0.231. The lowest BCUT2D eigenvalue weighted by atomic mass is 10.2. The van der Waals surface area contributed by atoms with E-state index in [-0.39, 0.29) is 5.91 Å². The summed E-state index contributed by atoms with van der Waals surface area (Å²) >= 11 is 0. The highest BCUT2D eigenvalue weighted by atomic mass is 16.1. The van der Waals surface area contributed by atoms with E-state index in [1.807, 2.05) is 13.1 Å². The number of aromatic nitrogens is 2. The predicted molar refractivity (Wildman–Crippen MR) is 70.1 cm³/mol. The van der Waals surface area contributed by atoms with Gasteiger partial charge < -0.3 is 11.1 Å². The number of amides is 1. The first-order chi connectivity index (χ1) is 8.66. The van der Waals surface area contributed by atoms with Gasteiger partial charge >= 0.3 is 0 Å². The van der Waals surface area contributed by atoms with Crippen molar-refractivity contribution >= 4 is 11.6 Å². The lowest BCUT2D eigenvalue weighted by molar-refractivity contribution is 0.0954. The van der Waals surface area contributed by atoms with Crippen LogP contribution >= 0.6 is 0 Å². The van der Waals surface area contributed by atoms with Gasteiger partial charge in [-0.15, -0.1) is 0 Å². The molecule has 1 aromatic heterocycles. The van der Waals surface area contributed by atoms with Crippen molar-refractivity contribution in [2.24, 2.45) is 7.05 Å². The van der Waals surface area contributed by atoms with E-state index < -0.39 is 0 Å². The summed E-state index contributed by atoms with van der Waals surface area (Å²) in [4.78, 5) is 11.8. The lowest BCUT2D eigenvalue weighted by Gasteiger charge is -2.06. The zero-order chi connectivity index (χ0) is 13.0. The standard InChI is InChI=1S/C13H16N4O/c1-17-12(6-8-16-17)5-7-15-13(18)10-3-2-4-11(14)9-10/h2-4,6,8-9H,5,7,14H2,1H3,(H,15,18). The van der Waals surface area contributed by atoms with Crippen molar-refractivity contribution in [1.29, 1.82) is 0 Å². The Morgan fingerprint density at radius 3 is 2.94 bits per heavy atom. The number of nitrogens with one attached hydrogen (secondary N) is 1. The molecule has 1 amide bonds. The SMILES string of the molecule is Cn1nccc1CCNC(=O)c1cccc(N)c1.